The van der Waals surface area contributed by atoms with Gasteiger partial charge < -0.3 is 5.32 Å². The third-order valence-corrected chi connectivity index (χ3v) is 3.50. The summed E-state index contributed by atoms with van der Waals surface area (Å²) in [5.41, 5.74) is 1.88. The molecule has 4 nitrogen and oxygen atoms in total. The van der Waals surface area contributed by atoms with Gasteiger partial charge in [0.15, 0.2) is 0 Å². The highest BCUT2D eigenvalue weighted by atomic mass is 35.5. The standard InChI is InChI=1S/C13H18ClN3O/c1-17-12(11(14)9-16-17)13(18)15-8-7-10-5-3-2-4-6-10/h5,9H,2-4,6-8H2,1H3,(H,15,18). The predicted molar refractivity (Wildman–Crippen MR) is 71.7 cm³/mol. The number of aryl methyl sites for hydroxylation is 1. The number of allylic oxidation sites excluding steroid dienone is 1. The van der Waals surface area contributed by atoms with E-state index in [9.17, 15) is 4.79 Å². The lowest BCUT2D eigenvalue weighted by atomic mass is 9.97. The van der Waals surface area contributed by atoms with Crippen LogP contribution in [0.4, 0.5) is 0 Å². The molecule has 2 rings (SSSR count). The maximum Gasteiger partial charge on any atom is 0.271 e. The molecule has 0 aliphatic heterocycles. The smallest absolute Gasteiger partial charge is 0.271 e. The molecular weight excluding hydrogens is 250 g/mol. The first-order valence-corrected chi connectivity index (χ1v) is 6.70. The van der Waals surface area contributed by atoms with Gasteiger partial charge in [0, 0.05) is 13.6 Å². The van der Waals surface area contributed by atoms with Crippen LogP contribution in [0.5, 0.6) is 0 Å². The number of hydrogen-bond acceptors (Lipinski definition) is 2. The zero-order chi connectivity index (χ0) is 13.0. The van der Waals surface area contributed by atoms with Crippen molar-refractivity contribution in [3.63, 3.8) is 0 Å². The number of nitrogens with zero attached hydrogens (tertiary/aromatic N) is 2. The summed E-state index contributed by atoms with van der Waals surface area (Å²) in [6.07, 6.45) is 9.63. The fourth-order valence-corrected chi connectivity index (χ4v) is 2.47. The molecule has 1 aliphatic rings. The van der Waals surface area contributed by atoms with Gasteiger partial charge in [0.2, 0.25) is 0 Å². The molecule has 0 saturated carbocycles. The van der Waals surface area contributed by atoms with Crippen molar-refractivity contribution in [1.82, 2.24) is 15.1 Å². The van der Waals surface area contributed by atoms with Crippen LogP contribution in [-0.2, 0) is 7.05 Å². The Morgan fingerprint density at radius 2 is 2.39 bits per heavy atom. The first-order valence-electron chi connectivity index (χ1n) is 6.32. The predicted octanol–water partition coefficient (Wildman–Crippen LogP) is 2.69. The van der Waals surface area contributed by atoms with E-state index >= 15 is 0 Å². The largest absolute Gasteiger partial charge is 0.350 e. The van der Waals surface area contributed by atoms with E-state index in [1.54, 1.807) is 7.05 Å². The Labute approximate surface area is 112 Å². The average molecular weight is 268 g/mol. The number of amides is 1. The Bertz CT molecular complexity index is 445. The summed E-state index contributed by atoms with van der Waals surface area (Å²) in [4.78, 5) is 11.9. The third kappa shape index (κ3) is 3.13. The molecular formula is C13H18ClN3O. The van der Waals surface area contributed by atoms with Gasteiger partial charge >= 0.3 is 0 Å². The number of nitrogens with one attached hydrogen (secondary N) is 1. The number of aromatic nitrogens is 2. The molecule has 5 heteroatoms. The molecule has 1 amide bonds. The van der Waals surface area contributed by atoms with Gasteiger partial charge in [-0.25, -0.2) is 0 Å². The van der Waals surface area contributed by atoms with Gasteiger partial charge in [0.25, 0.3) is 5.91 Å². The summed E-state index contributed by atoms with van der Waals surface area (Å²) in [6, 6.07) is 0. The van der Waals surface area contributed by atoms with Crippen LogP contribution in [0.15, 0.2) is 17.8 Å². The van der Waals surface area contributed by atoms with E-state index < -0.39 is 0 Å². The van der Waals surface area contributed by atoms with E-state index in [4.69, 9.17) is 11.6 Å². The van der Waals surface area contributed by atoms with Crippen LogP contribution in [0.25, 0.3) is 0 Å². The highest BCUT2D eigenvalue weighted by Gasteiger charge is 2.15. The van der Waals surface area contributed by atoms with Crippen LogP contribution in [0.1, 0.15) is 42.6 Å². The Hall–Kier alpha value is -1.29. The average Bonchev–Trinajstić information content (AvgIpc) is 2.70. The number of halogens is 1. The molecule has 1 aliphatic carbocycles. The SMILES string of the molecule is Cn1ncc(Cl)c1C(=O)NCCC1=CCCCC1. The van der Waals surface area contributed by atoms with Crippen molar-refractivity contribution in [3.8, 4) is 0 Å². The van der Waals surface area contributed by atoms with Crippen molar-refractivity contribution in [2.45, 2.75) is 32.1 Å². The highest BCUT2D eigenvalue weighted by molar-refractivity contribution is 6.33. The zero-order valence-corrected chi connectivity index (χ0v) is 11.3. The lowest BCUT2D eigenvalue weighted by Gasteiger charge is -2.13. The van der Waals surface area contributed by atoms with Crippen LogP contribution < -0.4 is 5.32 Å². The zero-order valence-electron chi connectivity index (χ0n) is 10.6. The summed E-state index contributed by atoms with van der Waals surface area (Å²) in [5.74, 6) is -0.156. The Balaban J connectivity index is 1.83. The second-order valence-corrected chi connectivity index (χ2v) is 4.99. The monoisotopic (exact) mass is 267 g/mol. The van der Waals surface area contributed by atoms with E-state index in [0.717, 1.165) is 6.42 Å². The molecule has 0 unspecified atom stereocenters. The summed E-state index contributed by atoms with van der Waals surface area (Å²) >= 11 is 5.91. The normalized spacial score (nSPS) is 15.3. The molecule has 0 radical (unpaired) electrons. The van der Waals surface area contributed by atoms with E-state index in [2.05, 4.69) is 16.5 Å². The van der Waals surface area contributed by atoms with Gasteiger partial charge in [-0.1, -0.05) is 23.3 Å². The van der Waals surface area contributed by atoms with E-state index in [1.165, 1.54) is 42.1 Å². The number of carbonyl (C=O) groups is 1. The van der Waals surface area contributed by atoms with Crippen LogP contribution in [-0.4, -0.2) is 22.2 Å². The van der Waals surface area contributed by atoms with Gasteiger partial charge in [-0.15, -0.1) is 0 Å². The Kier molecular flexibility index (Phi) is 4.42. The molecule has 1 aromatic rings. The van der Waals surface area contributed by atoms with Crippen molar-refractivity contribution in [1.29, 1.82) is 0 Å². The maximum atomic E-state index is 11.9. The van der Waals surface area contributed by atoms with Crippen molar-refractivity contribution >= 4 is 17.5 Å². The van der Waals surface area contributed by atoms with E-state index in [-0.39, 0.29) is 5.91 Å². The summed E-state index contributed by atoms with van der Waals surface area (Å²) in [7, 11) is 1.71. The fourth-order valence-electron chi connectivity index (χ4n) is 2.22. The van der Waals surface area contributed by atoms with Gasteiger partial charge in [0.05, 0.1) is 11.2 Å². The quantitative estimate of drug-likeness (QED) is 0.853. The Morgan fingerprint density at radius 1 is 1.56 bits per heavy atom. The van der Waals surface area contributed by atoms with Gasteiger partial charge in [-0.05, 0) is 32.1 Å². The fraction of sp³-hybridized carbons (Fsp3) is 0.538. The van der Waals surface area contributed by atoms with Crippen molar-refractivity contribution < 1.29 is 4.79 Å². The number of rotatable bonds is 4. The highest BCUT2D eigenvalue weighted by Crippen LogP contribution is 2.19. The lowest BCUT2D eigenvalue weighted by molar-refractivity contribution is 0.0945. The van der Waals surface area contributed by atoms with Crippen molar-refractivity contribution in [3.05, 3.63) is 28.6 Å². The van der Waals surface area contributed by atoms with E-state index in [1.807, 2.05) is 0 Å². The molecule has 0 spiro atoms. The third-order valence-electron chi connectivity index (χ3n) is 3.23. The Morgan fingerprint density at radius 3 is 3.00 bits per heavy atom. The molecule has 0 aromatic carbocycles. The van der Waals surface area contributed by atoms with Crippen molar-refractivity contribution in [2.75, 3.05) is 6.54 Å². The second kappa shape index (κ2) is 6.05. The summed E-state index contributed by atoms with van der Waals surface area (Å²) in [5, 5.41) is 7.23. The summed E-state index contributed by atoms with van der Waals surface area (Å²) in [6.45, 7) is 0.659. The van der Waals surface area contributed by atoms with Crippen molar-refractivity contribution in [2.24, 2.45) is 7.05 Å². The maximum absolute atomic E-state index is 11.9. The molecule has 18 heavy (non-hydrogen) atoms. The molecule has 0 fully saturated rings. The minimum atomic E-state index is -0.156. The van der Waals surface area contributed by atoms with Gasteiger partial charge in [-0.2, -0.15) is 5.10 Å². The van der Waals surface area contributed by atoms with Crippen LogP contribution in [0, 0.1) is 0 Å². The molecule has 0 atom stereocenters. The van der Waals surface area contributed by atoms with Crippen LogP contribution in [0.3, 0.4) is 0 Å². The number of hydrogen-bond donors (Lipinski definition) is 1. The topological polar surface area (TPSA) is 46.9 Å². The molecule has 1 heterocycles. The second-order valence-electron chi connectivity index (χ2n) is 4.58. The molecule has 0 saturated heterocycles. The van der Waals surface area contributed by atoms with Gasteiger partial charge in [-0.3, -0.25) is 9.48 Å². The molecule has 0 bridgehead atoms. The first kappa shape index (κ1) is 13.1. The van der Waals surface area contributed by atoms with Crippen LogP contribution in [0.2, 0.25) is 5.02 Å². The van der Waals surface area contributed by atoms with Gasteiger partial charge in [0.1, 0.15) is 5.69 Å². The number of carbonyl (C=O) groups excluding carboxylic acids is 1. The minimum absolute atomic E-state index is 0.156. The first-order chi connectivity index (χ1) is 8.68. The van der Waals surface area contributed by atoms with Crippen LogP contribution >= 0.6 is 11.6 Å². The molecule has 1 N–H and O–H groups in total. The minimum Gasteiger partial charge on any atom is -0.350 e. The van der Waals surface area contributed by atoms with E-state index in [0.29, 0.717) is 17.3 Å². The molecule has 1 aromatic heterocycles. The molecule has 98 valence electrons. The summed E-state index contributed by atoms with van der Waals surface area (Å²) < 4.78 is 1.50. The lowest BCUT2D eigenvalue weighted by Crippen LogP contribution is -2.27.